The van der Waals surface area contributed by atoms with E-state index < -0.39 is 0 Å². The largest absolute Gasteiger partial charge is 0.407 e. The smallest absolute Gasteiger partial charge is 0.317 e. The molecule has 2 heterocycles. The molecule has 0 radical (unpaired) electrons. The predicted molar refractivity (Wildman–Crippen MR) is 77.7 cm³/mol. The van der Waals surface area contributed by atoms with Gasteiger partial charge in [-0.1, -0.05) is 5.10 Å². The third-order valence-corrected chi connectivity index (χ3v) is 3.34. The van der Waals surface area contributed by atoms with Crippen LogP contribution in [0.1, 0.15) is 39.5 Å². The lowest BCUT2D eigenvalue weighted by Crippen LogP contribution is -2.35. The van der Waals surface area contributed by atoms with Gasteiger partial charge in [0.15, 0.2) is 0 Å². The number of rotatable bonds is 5. The second kappa shape index (κ2) is 6.54. The van der Waals surface area contributed by atoms with Gasteiger partial charge in [-0.05, 0) is 33.6 Å². The van der Waals surface area contributed by atoms with E-state index in [0.29, 0.717) is 24.4 Å². The second-order valence-corrected chi connectivity index (χ2v) is 6.55. The summed E-state index contributed by atoms with van der Waals surface area (Å²) in [6.45, 7) is 9.55. The van der Waals surface area contributed by atoms with Crippen molar-refractivity contribution < 1.29 is 9.15 Å². The third-order valence-electron chi connectivity index (χ3n) is 3.34. The average molecular weight is 282 g/mol. The zero-order chi connectivity index (χ0) is 14.6. The molecule has 1 fully saturated rings. The van der Waals surface area contributed by atoms with Gasteiger partial charge in [0.25, 0.3) is 0 Å². The molecule has 0 spiro atoms. The average Bonchev–Trinajstić information content (AvgIpc) is 2.86. The molecule has 1 N–H and O–H groups in total. The normalized spacial score (nSPS) is 20.1. The van der Waals surface area contributed by atoms with E-state index in [4.69, 9.17) is 9.15 Å². The highest BCUT2D eigenvalue weighted by atomic mass is 16.5. The lowest BCUT2D eigenvalue weighted by atomic mass is 10.0. The molecule has 0 aromatic carbocycles. The predicted octanol–water partition coefficient (Wildman–Crippen LogP) is 1.82. The zero-order valence-electron chi connectivity index (χ0n) is 13.0. The van der Waals surface area contributed by atoms with Crippen molar-refractivity contribution in [1.82, 2.24) is 15.5 Å². The van der Waals surface area contributed by atoms with Gasteiger partial charge in [-0.25, -0.2) is 0 Å². The Bertz CT molecular complexity index is 408. The SMILES string of the molecule is CN(CC1CCCOC1)c1nnc(CNC(C)(C)C)o1. The highest BCUT2D eigenvalue weighted by Gasteiger charge is 2.19. The summed E-state index contributed by atoms with van der Waals surface area (Å²) >= 11 is 0. The van der Waals surface area contributed by atoms with Crippen molar-refractivity contribution in [3.63, 3.8) is 0 Å². The molecule has 1 aliphatic rings. The van der Waals surface area contributed by atoms with Crippen LogP contribution in [-0.2, 0) is 11.3 Å². The molecule has 1 unspecified atom stereocenters. The van der Waals surface area contributed by atoms with Crippen molar-refractivity contribution in [1.29, 1.82) is 0 Å². The molecule has 6 heteroatoms. The molecule has 0 amide bonds. The molecule has 20 heavy (non-hydrogen) atoms. The number of anilines is 1. The molecule has 0 bridgehead atoms. The van der Waals surface area contributed by atoms with Gasteiger partial charge in [0.1, 0.15) is 0 Å². The summed E-state index contributed by atoms with van der Waals surface area (Å²) in [4.78, 5) is 2.02. The van der Waals surface area contributed by atoms with E-state index in [1.165, 1.54) is 6.42 Å². The van der Waals surface area contributed by atoms with Crippen molar-refractivity contribution >= 4 is 6.01 Å². The molecule has 0 saturated carbocycles. The van der Waals surface area contributed by atoms with Crippen molar-refractivity contribution in [2.75, 3.05) is 31.7 Å². The van der Waals surface area contributed by atoms with E-state index >= 15 is 0 Å². The first kappa shape index (κ1) is 15.3. The van der Waals surface area contributed by atoms with E-state index in [1.54, 1.807) is 0 Å². The number of hydrogen-bond donors (Lipinski definition) is 1. The summed E-state index contributed by atoms with van der Waals surface area (Å²) < 4.78 is 11.2. The molecule has 1 aromatic rings. The topological polar surface area (TPSA) is 63.4 Å². The summed E-state index contributed by atoms with van der Waals surface area (Å²) in [5.41, 5.74) is 0.0416. The van der Waals surface area contributed by atoms with Gasteiger partial charge in [-0.2, -0.15) is 0 Å². The first-order valence-electron chi connectivity index (χ1n) is 7.30. The summed E-state index contributed by atoms with van der Waals surface area (Å²) in [6, 6.07) is 0.585. The fourth-order valence-electron chi connectivity index (χ4n) is 2.23. The molecule has 114 valence electrons. The first-order valence-corrected chi connectivity index (χ1v) is 7.30. The number of aromatic nitrogens is 2. The van der Waals surface area contributed by atoms with Crippen molar-refractivity contribution in [3.8, 4) is 0 Å². The number of ether oxygens (including phenoxy) is 1. The van der Waals surface area contributed by atoms with E-state index in [2.05, 4.69) is 36.3 Å². The van der Waals surface area contributed by atoms with Crippen LogP contribution in [0, 0.1) is 5.92 Å². The molecular formula is C14H26N4O2. The van der Waals surface area contributed by atoms with E-state index in [0.717, 1.165) is 26.2 Å². The van der Waals surface area contributed by atoms with Crippen molar-refractivity contribution in [3.05, 3.63) is 5.89 Å². The fraction of sp³-hybridized carbons (Fsp3) is 0.857. The minimum Gasteiger partial charge on any atom is -0.407 e. The minimum atomic E-state index is 0.0416. The molecule has 1 atom stereocenters. The molecule has 0 aliphatic carbocycles. The van der Waals surface area contributed by atoms with Crippen LogP contribution in [0.3, 0.4) is 0 Å². The van der Waals surface area contributed by atoms with Crippen molar-refractivity contribution in [2.45, 2.75) is 45.7 Å². The van der Waals surface area contributed by atoms with Crippen LogP contribution in [0.2, 0.25) is 0 Å². The van der Waals surface area contributed by atoms with Crippen LogP contribution in [0.4, 0.5) is 6.01 Å². The Morgan fingerprint density at radius 3 is 2.80 bits per heavy atom. The summed E-state index contributed by atoms with van der Waals surface area (Å²) in [6.07, 6.45) is 2.35. The molecule has 1 aromatic heterocycles. The summed E-state index contributed by atoms with van der Waals surface area (Å²) in [7, 11) is 1.99. The van der Waals surface area contributed by atoms with Gasteiger partial charge in [0, 0.05) is 31.7 Å². The Morgan fingerprint density at radius 2 is 2.15 bits per heavy atom. The van der Waals surface area contributed by atoms with Crippen LogP contribution >= 0.6 is 0 Å². The maximum atomic E-state index is 5.68. The van der Waals surface area contributed by atoms with Crippen LogP contribution < -0.4 is 10.2 Å². The van der Waals surface area contributed by atoms with Crippen molar-refractivity contribution in [2.24, 2.45) is 5.92 Å². The van der Waals surface area contributed by atoms with Gasteiger partial charge >= 0.3 is 6.01 Å². The fourth-order valence-corrected chi connectivity index (χ4v) is 2.23. The molecule has 6 nitrogen and oxygen atoms in total. The third kappa shape index (κ3) is 4.76. The van der Waals surface area contributed by atoms with Crippen LogP contribution in [-0.4, -0.2) is 42.5 Å². The second-order valence-electron chi connectivity index (χ2n) is 6.55. The van der Waals surface area contributed by atoms with Gasteiger partial charge in [-0.15, -0.1) is 5.10 Å². The molecule has 1 aliphatic heterocycles. The van der Waals surface area contributed by atoms with Crippen LogP contribution in [0.5, 0.6) is 0 Å². The van der Waals surface area contributed by atoms with E-state index in [1.807, 2.05) is 11.9 Å². The van der Waals surface area contributed by atoms with Gasteiger partial charge in [0.2, 0.25) is 5.89 Å². The van der Waals surface area contributed by atoms with Crippen LogP contribution in [0.25, 0.3) is 0 Å². The molecule has 2 rings (SSSR count). The summed E-state index contributed by atoms with van der Waals surface area (Å²) in [5, 5.41) is 11.5. The Hall–Kier alpha value is -1.14. The maximum Gasteiger partial charge on any atom is 0.317 e. The number of nitrogens with zero attached hydrogens (tertiary/aromatic N) is 3. The number of hydrogen-bond acceptors (Lipinski definition) is 6. The highest BCUT2D eigenvalue weighted by molar-refractivity contribution is 5.22. The molecule has 1 saturated heterocycles. The van der Waals surface area contributed by atoms with Gasteiger partial charge < -0.3 is 19.4 Å². The summed E-state index contributed by atoms with van der Waals surface area (Å²) in [5.74, 6) is 1.18. The quantitative estimate of drug-likeness (QED) is 0.889. The first-order chi connectivity index (χ1) is 9.44. The Balaban J connectivity index is 1.84. The lowest BCUT2D eigenvalue weighted by Gasteiger charge is -2.25. The van der Waals surface area contributed by atoms with E-state index in [-0.39, 0.29) is 5.54 Å². The standard InChI is InChI=1S/C14H26N4O2/c1-14(2,3)15-8-12-16-17-13(20-12)18(4)9-11-6-5-7-19-10-11/h11,15H,5-10H2,1-4H3. The Morgan fingerprint density at radius 1 is 1.35 bits per heavy atom. The van der Waals surface area contributed by atoms with Crippen LogP contribution in [0.15, 0.2) is 4.42 Å². The highest BCUT2D eigenvalue weighted by Crippen LogP contribution is 2.18. The lowest BCUT2D eigenvalue weighted by molar-refractivity contribution is 0.0573. The Labute approximate surface area is 120 Å². The Kier molecular flexibility index (Phi) is 4.99. The maximum absolute atomic E-state index is 5.68. The van der Waals surface area contributed by atoms with Gasteiger partial charge in [-0.3, -0.25) is 0 Å². The van der Waals surface area contributed by atoms with E-state index in [9.17, 15) is 0 Å². The zero-order valence-corrected chi connectivity index (χ0v) is 13.0. The number of nitrogens with one attached hydrogen (secondary N) is 1. The van der Waals surface area contributed by atoms with Gasteiger partial charge in [0.05, 0.1) is 13.2 Å². The minimum absolute atomic E-state index is 0.0416. The molecular weight excluding hydrogens is 256 g/mol. The monoisotopic (exact) mass is 282 g/mol.